The summed E-state index contributed by atoms with van der Waals surface area (Å²) in [6.07, 6.45) is 3.36. The Morgan fingerprint density at radius 2 is 1.16 bits per heavy atom. The third-order valence-corrected chi connectivity index (χ3v) is 14.8. The predicted octanol–water partition coefficient (Wildman–Crippen LogP) is 4.04. The van der Waals surface area contributed by atoms with Gasteiger partial charge in [-0.25, -0.2) is 33.1 Å². The van der Waals surface area contributed by atoms with E-state index in [0.29, 0.717) is 102 Å². The molecule has 2 amide bonds. The van der Waals surface area contributed by atoms with Crippen molar-refractivity contribution < 1.29 is 42.1 Å². The number of esters is 2. The lowest BCUT2D eigenvalue weighted by Crippen LogP contribution is -2.66. The SMILES string of the molecule is COC(=O)C1=C(CN2C3CNCC2COC3)NC(c2nccs2)=N[C@H]1c1ccc(F)cc1Cl.COC(=O)C1=C(CN2C3COCC2CN(C(N)=O)C3)NC(c2nccs2)=N[C@H]1c1ccc(F)cc1Cl. The fourth-order valence-corrected chi connectivity index (χ4v) is 11.0. The van der Waals surface area contributed by atoms with Crippen LogP contribution in [0.4, 0.5) is 13.6 Å². The molecule has 6 aliphatic rings. The number of nitrogens with one attached hydrogen (secondary N) is 3. The average Bonchev–Trinajstić information content (AvgIpc) is 4.08. The topological polar surface area (TPSA) is 210 Å². The van der Waals surface area contributed by atoms with Crippen LogP contribution in [0.1, 0.15) is 33.2 Å². The molecule has 5 N–H and O–H groups in total. The van der Waals surface area contributed by atoms with Gasteiger partial charge < -0.3 is 45.5 Å². The zero-order chi connectivity index (χ0) is 48.3. The van der Waals surface area contributed by atoms with E-state index in [1.165, 1.54) is 67.2 Å². The van der Waals surface area contributed by atoms with Crippen molar-refractivity contribution >= 4 is 75.5 Å². The van der Waals surface area contributed by atoms with Crippen molar-refractivity contribution in [3.63, 3.8) is 0 Å². The van der Waals surface area contributed by atoms with Gasteiger partial charge in [-0.1, -0.05) is 35.3 Å². The smallest absolute Gasteiger partial charge is 0.338 e. The van der Waals surface area contributed by atoms with Crippen molar-refractivity contribution in [2.24, 2.45) is 15.7 Å². The van der Waals surface area contributed by atoms with E-state index in [0.717, 1.165) is 13.1 Å². The lowest BCUT2D eigenvalue weighted by molar-refractivity contribution is -0.137. The maximum Gasteiger partial charge on any atom is 0.338 e. The molecular weight excluding hydrogens is 980 g/mol. The average molecular weight is 1030 g/mol. The Kier molecular flexibility index (Phi) is 15.0. The monoisotopic (exact) mass is 1030 g/mol. The van der Waals surface area contributed by atoms with Gasteiger partial charge in [0.2, 0.25) is 0 Å². The molecule has 4 fully saturated rings. The largest absolute Gasteiger partial charge is 0.466 e. The van der Waals surface area contributed by atoms with Crippen LogP contribution in [0.25, 0.3) is 0 Å². The summed E-state index contributed by atoms with van der Waals surface area (Å²) in [4.78, 5) is 62.5. The van der Waals surface area contributed by atoms with Crippen LogP contribution in [-0.2, 0) is 28.5 Å². The number of halogens is 4. The minimum absolute atomic E-state index is 0.117. The lowest BCUT2D eigenvalue weighted by atomic mass is 9.94. The Morgan fingerprint density at radius 3 is 1.55 bits per heavy atom. The quantitative estimate of drug-likeness (QED) is 0.165. The first-order valence-electron chi connectivity index (χ1n) is 21.8. The number of methoxy groups -OCH3 is 2. The second kappa shape index (κ2) is 21.3. The van der Waals surface area contributed by atoms with Crippen LogP contribution in [0.15, 0.2) is 92.1 Å². The Bertz CT molecular complexity index is 2680. The number of ether oxygens (including phenoxy) is 4. The molecule has 4 aromatic rings. The standard InChI is InChI=1S/C23H24ClFN6O4S.C22H23ClFN5O3S/c1-34-22(32)18-17(9-31-13-7-30(23(26)33)8-14(31)11-35-10-13)28-20(21-27-4-5-36-21)29-19(18)15-3-2-12(25)6-16(15)24;1-31-22(30)18-17(9-29-13-7-25-8-14(29)11-32-10-13)27-20(21-26-4-5-33-21)28-19(18)15-3-2-12(24)6-16(15)23/h2-6,13-14,19H,7-11H2,1H3,(H2,26,33)(H,28,29);2-6,13-14,19,25H,7-11H2,1H3,(H,27,28)/t2*13?,14?,19-/m00/s1. The number of fused-ring (bicyclic) bond motifs is 4. The number of benzene rings is 2. The zero-order valence-electron chi connectivity index (χ0n) is 37.2. The van der Waals surface area contributed by atoms with Gasteiger partial charge in [0.15, 0.2) is 21.7 Å². The number of rotatable bonds is 10. The summed E-state index contributed by atoms with van der Waals surface area (Å²) >= 11 is 15.7. The maximum absolute atomic E-state index is 13.8. The molecule has 0 aliphatic carbocycles. The van der Waals surface area contributed by atoms with E-state index >= 15 is 0 Å². The summed E-state index contributed by atoms with van der Waals surface area (Å²) < 4.78 is 49.4. The van der Waals surface area contributed by atoms with Crippen molar-refractivity contribution in [2.45, 2.75) is 36.3 Å². The van der Waals surface area contributed by atoms with Crippen LogP contribution in [0, 0.1) is 11.6 Å². The number of carbonyl (C=O) groups excluding carboxylic acids is 3. The summed E-state index contributed by atoms with van der Waals surface area (Å²) in [6.45, 7) is 5.30. The molecule has 0 saturated carbocycles. The Morgan fingerprint density at radius 1 is 0.725 bits per heavy atom. The number of amides is 2. The van der Waals surface area contributed by atoms with Crippen LogP contribution < -0.4 is 21.7 Å². The van der Waals surface area contributed by atoms with Gasteiger partial charge in [-0.05, 0) is 24.3 Å². The number of thiazole rings is 2. The van der Waals surface area contributed by atoms with Crippen molar-refractivity contribution in [1.29, 1.82) is 0 Å². The molecule has 18 nitrogen and oxygen atoms in total. The number of primary amides is 1. The van der Waals surface area contributed by atoms with Gasteiger partial charge in [-0.2, -0.15) is 0 Å². The van der Waals surface area contributed by atoms with E-state index in [-0.39, 0.29) is 39.8 Å². The molecule has 6 atom stereocenters. The molecule has 69 heavy (non-hydrogen) atoms. The van der Waals surface area contributed by atoms with Crippen LogP contribution in [0.2, 0.25) is 10.0 Å². The Hall–Kier alpha value is -5.43. The molecule has 24 heteroatoms. The fraction of sp³-hybridized carbons (Fsp3) is 0.400. The highest BCUT2D eigenvalue weighted by Gasteiger charge is 2.43. The first-order valence-corrected chi connectivity index (χ1v) is 24.4. The van der Waals surface area contributed by atoms with Gasteiger partial charge in [-0.3, -0.25) is 19.8 Å². The number of aromatic nitrogens is 2. The molecule has 4 unspecified atom stereocenters. The molecule has 0 radical (unpaired) electrons. The highest BCUT2D eigenvalue weighted by Crippen LogP contribution is 2.39. The van der Waals surface area contributed by atoms with Gasteiger partial charge >= 0.3 is 18.0 Å². The van der Waals surface area contributed by atoms with Crippen LogP contribution >= 0.6 is 45.9 Å². The van der Waals surface area contributed by atoms with Crippen molar-refractivity contribution in [3.8, 4) is 0 Å². The summed E-state index contributed by atoms with van der Waals surface area (Å²) in [6, 6.07) is 6.14. The van der Waals surface area contributed by atoms with Crippen LogP contribution in [0.3, 0.4) is 0 Å². The number of hydrogen-bond acceptors (Lipinski definition) is 18. The minimum Gasteiger partial charge on any atom is -0.466 e. The number of piperazine rings is 2. The van der Waals surface area contributed by atoms with E-state index in [1.807, 2.05) is 10.8 Å². The number of urea groups is 1. The molecule has 0 spiro atoms. The molecular formula is C45H47Cl2F2N11O7S2. The third kappa shape index (κ3) is 10.4. The van der Waals surface area contributed by atoms with Crippen molar-refractivity contribution in [3.05, 3.63) is 125 Å². The number of amidine groups is 2. The number of nitrogens with two attached hydrogens (primary N) is 1. The fourth-order valence-electron chi connectivity index (χ4n) is 9.32. The van der Waals surface area contributed by atoms with Crippen LogP contribution in [0.5, 0.6) is 0 Å². The van der Waals surface area contributed by atoms with Crippen molar-refractivity contribution in [1.82, 2.24) is 40.6 Å². The van der Waals surface area contributed by atoms with Gasteiger partial charge in [0.25, 0.3) is 0 Å². The maximum atomic E-state index is 13.8. The summed E-state index contributed by atoms with van der Waals surface area (Å²) in [5, 5.41) is 15.4. The molecule has 2 aromatic carbocycles. The van der Waals surface area contributed by atoms with Gasteiger partial charge in [-0.15, -0.1) is 22.7 Å². The van der Waals surface area contributed by atoms with E-state index in [1.54, 1.807) is 23.4 Å². The van der Waals surface area contributed by atoms with Gasteiger partial charge in [0.05, 0.1) is 63.9 Å². The Balaban J connectivity index is 0.000000172. The number of nitrogens with zero attached hydrogens (tertiary/aromatic N) is 7. The summed E-state index contributed by atoms with van der Waals surface area (Å²) in [5.41, 5.74) is 8.39. The lowest BCUT2D eigenvalue weighted by Gasteiger charge is -2.49. The zero-order valence-corrected chi connectivity index (χ0v) is 40.3. The number of morpholine rings is 2. The first kappa shape index (κ1) is 48.6. The summed E-state index contributed by atoms with van der Waals surface area (Å²) in [7, 11) is 2.63. The molecule has 4 saturated heterocycles. The van der Waals surface area contributed by atoms with E-state index in [4.69, 9.17) is 57.9 Å². The highest BCUT2D eigenvalue weighted by molar-refractivity contribution is 7.12. The number of aliphatic imine (C=N–C) groups is 2. The van der Waals surface area contributed by atoms with E-state index < -0.39 is 41.7 Å². The summed E-state index contributed by atoms with van der Waals surface area (Å²) in [5.74, 6) is -1.04. The highest BCUT2D eigenvalue weighted by atomic mass is 35.5. The van der Waals surface area contributed by atoms with Gasteiger partial charge in [0.1, 0.15) is 23.7 Å². The van der Waals surface area contributed by atoms with E-state index in [9.17, 15) is 23.2 Å². The molecule has 2 aromatic heterocycles. The first-order chi connectivity index (χ1) is 33.4. The number of hydrogen-bond donors (Lipinski definition) is 4. The van der Waals surface area contributed by atoms with E-state index in [2.05, 4.69) is 35.7 Å². The predicted molar refractivity (Wildman–Crippen MR) is 254 cm³/mol. The van der Waals surface area contributed by atoms with Crippen molar-refractivity contribution in [2.75, 3.05) is 79.9 Å². The minimum atomic E-state index is -0.844. The Labute approximate surface area is 413 Å². The molecule has 10 rings (SSSR count). The molecule has 364 valence electrons. The molecule has 4 bridgehead atoms. The molecule has 8 heterocycles. The third-order valence-electron chi connectivity index (χ3n) is 12.6. The van der Waals surface area contributed by atoms with Crippen LogP contribution in [-0.4, -0.2) is 158 Å². The normalized spacial score (nSPS) is 24.8. The second-order valence-corrected chi connectivity index (χ2v) is 19.3. The second-order valence-electron chi connectivity index (χ2n) is 16.7. The van der Waals surface area contributed by atoms with Gasteiger partial charge in [0, 0.05) is 107 Å². The number of carbonyl (C=O) groups is 3. The molecule has 6 aliphatic heterocycles.